The highest BCUT2D eigenvalue weighted by atomic mass is 35.5. The van der Waals surface area contributed by atoms with Gasteiger partial charge in [0.05, 0.1) is 6.04 Å². The van der Waals surface area contributed by atoms with Gasteiger partial charge >= 0.3 is 0 Å². The van der Waals surface area contributed by atoms with Gasteiger partial charge in [0, 0.05) is 16.4 Å². The number of nitrogens with one attached hydrogen (secondary N) is 1. The average Bonchev–Trinajstić information content (AvgIpc) is 3.30. The SMILES string of the molecule is Cc1cc(OCC(=O)NC[C@@H](c2cccs2)N2CCCC2)ccc1Cl. The number of halogens is 1. The first-order chi connectivity index (χ1) is 12.1. The van der Waals surface area contributed by atoms with E-state index in [1.54, 1.807) is 23.5 Å². The van der Waals surface area contributed by atoms with E-state index in [0.717, 1.165) is 18.7 Å². The summed E-state index contributed by atoms with van der Waals surface area (Å²) in [6, 6.07) is 9.87. The van der Waals surface area contributed by atoms with Crippen LogP contribution in [0.4, 0.5) is 0 Å². The number of amides is 1. The number of benzene rings is 1. The second-order valence-electron chi connectivity index (χ2n) is 6.28. The molecule has 0 saturated carbocycles. The molecule has 0 spiro atoms. The topological polar surface area (TPSA) is 41.6 Å². The fraction of sp³-hybridized carbons (Fsp3) is 0.421. The van der Waals surface area contributed by atoms with Crippen molar-refractivity contribution in [2.24, 2.45) is 0 Å². The van der Waals surface area contributed by atoms with E-state index in [2.05, 4.69) is 27.7 Å². The molecule has 1 saturated heterocycles. The smallest absolute Gasteiger partial charge is 0.258 e. The zero-order valence-corrected chi connectivity index (χ0v) is 15.9. The van der Waals surface area contributed by atoms with Crippen molar-refractivity contribution in [3.8, 4) is 5.75 Å². The summed E-state index contributed by atoms with van der Waals surface area (Å²) in [4.78, 5) is 15.9. The van der Waals surface area contributed by atoms with Crippen LogP contribution < -0.4 is 10.1 Å². The number of aryl methyl sites for hydroxylation is 1. The van der Waals surface area contributed by atoms with Crippen molar-refractivity contribution < 1.29 is 9.53 Å². The predicted molar refractivity (Wildman–Crippen MR) is 103 cm³/mol. The Morgan fingerprint density at radius 1 is 1.36 bits per heavy atom. The number of likely N-dealkylation sites (tertiary alicyclic amines) is 1. The van der Waals surface area contributed by atoms with E-state index in [1.807, 2.05) is 13.0 Å². The summed E-state index contributed by atoms with van der Waals surface area (Å²) in [5.74, 6) is 0.555. The number of hydrogen-bond acceptors (Lipinski definition) is 4. The van der Waals surface area contributed by atoms with Gasteiger partial charge in [0.15, 0.2) is 6.61 Å². The fourth-order valence-corrected chi connectivity index (χ4v) is 4.04. The Morgan fingerprint density at radius 2 is 2.16 bits per heavy atom. The first kappa shape index (κ1) is 18.2. The van der Waals surface area contributed by atoms with E-state index in [-0.39, 0.29) is 18.6 Å². The van der Waals surface area contributed by atoms with Gasteiger partial charge in [-0.05, 0) is 68.1 Å². The number of hydrogen-bond donors (Lipinski definition) is 1. The molecule has 1 amide bonds. The summed E-state index contributed by atoms with van der Waals surface area (Å²) in [5.41, 5.74) is 0.936. The summed E-state index contributed by atoms with van der Waals surface area (Å²) in [6.45, 7) is 4.73. The third-order valence-corrected chi connectivity index (χ3v) is 5.84. The molecule has 2 aromatic rings. The Hall–Kier alpha value is -1.56. The van der Waals surface area contributed by atoms with Crippen LogP contribution in [0.25, 0.3) is 0 Å². The van der Waals surface area contributed by atoms with Gasteiger partial charge < -0.3 is 10.1 Å². The van der Waals surface area contributed by atoms with Crippen molar-refractivity contribution in [1.29, 1.82) is 0 Å². The van der Waals surface area contributed by atoms with Crippen molar-refractivity contribution in [3.63, 3.8) is 0 Å². The first-order valence-corrected chi connectivity index (χ1v) is 9.82. The maximum atomic E-state index is 12.2. The number of thiophene rings is 1. The minimum Gasteiger partial charge on any atom is -0.484 e. The zero-order chi connectivity index (χ0) is 17.6. The molecule has 1 fully saturated rings. The van der Waals surface area contributed by atoms with Gasteiger partial charge in [0.1, 0.15) is 5.75 Å². The van der Waals surface area contributed by atoms with E-state index in [9.17, 15) is 4.79 Å². The fourth-order valence-electron chi connectivity index (χ4n) is 3.06. The van der Waals surface area contributed by atoms with Gasteiger partial charge in [-0.2, -0.15) is 0 Å². The van der Waals surface area contributed by atoms with Crippen LogP contribution in [-0.2, 0) is 4.79 Å². The molecule has 2 heterocycles. The van der Waals surface area contributed by atoms with Crippen LogP contribution in [0.15, 0.2) is 35.7 Å². The van der Waals surface area contributed by atoms with Crippen molar-refractivity contribution in [2.45, 2.75) is 25.8 Å². The number of carbonyl (C=O) groups is 1. The Kier molecular flexibility index (Phi) is 6.34. The van der Waals surface area contributed by atoms with Crippen molar-refractivity contribution >= 4 is 28.8 Å². The van der Waals surface area contributed by atoms with Crippen molar-refractivity contribution in [2.75, 3.05) is 26.2 Å². The first-order valence-electron chi connectivity index (χ1n) is 8.56. The predicted octanol–water partition coefficient (Wildman–Crippen LogP) is 4.04. The summed E-state index contributed by atoms with van der Waals surface area (Å²) in [7, 11) is 0. The molecule has 0 unspecified atom stereocenters. The van der Waals surface area contributed by atoms with Crippen molar-refractivity contribution in [1.82, 2.24) is 10.2 Å². The molecule has 6 heteroatoms. The summed E-state index contributed by atoms with van der Waals surface area (Å²) >= 11 is 7.75. The molecule has 1 aromatic heterocycles. The third kappa shape index (κ3) is 4.97. The van der Waals surface area contributed by atoms with Crippen LogP contribution >= 0.6 is 22.9 Å². The third-order valence-electron chi connectivity index (χ3n) is 4.44. The zero-order valence-electron chi connectivity index (χ0n) is 14.3. The van der Waals surface area contributed by atoms with Gasteiger partial charge in [0.2, 0.25) is 0 Å². The highest BCUT2D eigenvalue weighted by molar-refractivity contribution is 7.10. The highest BCUT2D eigenvalue weighted by Crippen LogP contribution is 2.27. The Balaban J connectivity index is 1.51. The Bertz CT molecular complexity index is 699. The molecule has 3 rings (SSSR count). The normalized spacial score (nSPS) is 15.9. The van der Waals surface area contributed by atoms with Gasteiger partial charge in [-0.3, -0.25) is 9.69 Å². The van der Waals surface area contributed by atoms with Crippen LogP contribution in [0.2, 0.25) is 5.02 Å². The van der Waals surface area contributed by atoms with Gasteiger partial charge in [0.25, 0.3) is 5.91 Å². The number of rotatable bonds is 7. The second kappa shape index (κ2) is 8.70. The molecular formula is C19H23ClN2O2S. The van der Waals surface area contributed by atoms with Crippen molar-refractivity contribution in [3.05, 3.63) is 51.2 Å². The van der Waals surface area contributed by atoms with Gasteiger partial charge in [-0.25, -0.2) is 0 Å². The minimum absolute atomic E-state index is 0.0121. The molecule has 134 valence electrons. The second-order valence-corrected chi connectivity index (χ2v) is 7.66. The monoisotopic (exact) mass is 378 g/mol. The lowest BCUT2D eigenvalue weighted by atomic mass is 10.2. The van der Waals surface area contributed by atoms with E-state index >= 15 is 0 Å². The molecule has 0 bridgehead atoms. The van der Waals surface area contributed by atoms with Gasteiger partial charge in [-0.15, -0.1) is 11.3 Å². The van der Waals surface area contributed by atoms with Gasteiger partial charge in [-0.1, -0.05) is 17.7 Å². The standard InChI is InChI=1S/C19H23ClN2O2S/c1-14-11-15(6-7-16(14)20)24-13-19(23)21-12-17(18-5-4-10-25-18)22-8-2-3-9-22/h4-7,10-11,17H,2-3,8-9,12-13H2,1H3,(H,21,23)/t17-/m0/s1. The molecular weight excluding hydrogens is 356 g/mol. The highest BCUT2D eigenvalue weighted by Gasteiger charge is 2.24. The van der Waals surface area contributed by atoms with E-state index in [4.69, 9.17) is 16.3 Å². The van der Waals surface area contributed by atoms with E-state index < -0.39 is 0 Å². The summed E-state index contributed by atoms with van der Waals surface area (Å²) in [5, 5.41) is 5.80. The van der Waals surface area contributed by atoms with E-state index in [0.29, 0.717) is 17.3 Å². The lowest BCUT2D eigenvalue weighted by molar-refractivity contribution is -0.123. The van der Waals surface area contributed by atoms with Crippen LogP contribution in [-0.4, -0.2) is 37.0 Å². The summed E-state index contributed by atoms with van der Waals surface area (Å²) in [6.07, 6.45) is 2.46. The average molecular weight is 379 g/mol. The number of nitrogens with zero attached hydrogens (tertiary/aromatic N) is 1. The molecule has 1 aliphatic heterocycles. The molecule has 1 aromatic carbocycles. The quantitative estimate of drug-likeness (QED) is 0.790. The maximum absolute atomic E-state index is 12.2. The maximum Gasteiger partial charge on any atom is 0.258 e. The molecule has 1 N–H and O–H groups in total. The van der Waals surface area contributed by atoms with Crippen LogP contribution in [0, 0.1) is 6.92 Å². The largest absolute Gasteiger partial charge is 0.484 e. The van der Waals surface area contributed by atoms with Crippen LogP contribution in [0.5, 0.6) is 5.75 Å². The summed E-state index contributed by atoms with van der Waals surface area (Å²) < 4.78 is 5.57. The molecule has 0 aliphatic carbocycles. The lowest BCUT2D eigenvalue weighted by Crippen LogP contribution is -2.38. The molecule has 1 atom stereocenters. The van der Waals surface area contributed by atoms with E-state index in [1.165, 1.54) is 17.7 Å². The Morgan fingerprint density at radius 3 is 2.84 bits per heavy atom. The van der Waals surface area contributed by atoms with Crippen LogP contribution in [0.1, 0.15) is 29.3 Å². The Labute approximate surface area is 157 Å². The lowest BCUT2D eigenvalue weighted by Gasteiger charge is -2.26. The van der Waals surface area contributed by atoms with Crippen LogP contribution in [0.3, 0.4) is 0 Å². The molecule has 1 aliphatic rings. The molecule has 4 nitrogen and oxygen atoms in total. The molecule has 25 heavy (non-hydrogen) atoms. The number of carbonyl (C=O) groups excluding carboxylic acids is 1. The number of ether oxygens (including phenoxy) is 1. The minimum atomic E-state index is -0.103. The molecule has 0 radical (unpaired) electrons.